The van der Waals surface area contributed by atoms with E-state index >= 15 is 0 Å². The van der Waals surface area contributed by atoms with Gasteiger partial charge in [-0.25, -0.2) is 4.79 Å². The second kappa shape index (κ2) is 9.29. The number of fused-ring (bicyclic) bond motifs is 3. The van der Waals surface area contributed by atoms with E-state index in [1.54, 1.807) is 24.9 Å². The summed E-state index contributed by atoms with van der Waals surface area (Å²) >= 11 is 0. The summed E-state index contributed by atoms with van der Waals surface area (Å²) in [6.07, 6.45) is 0.394. The molecule has 1 aromatic heterocycles. The first-order valence-corrected chi connectivity index (χ1v) is 9.52. The van der Waals surface area contributed by atoms with Crippen molar-refractivity contribution < 1.29 is 24.2 Å². The minimum atomic E-state index is -1.02. The highest BCUT2D eigenvalue weighted by Gasteiger charge is 2.21. The van der Waals surface area contributed by atoms with Gasteiger partial charge >= 0.3 is 11.7 Å². The van der Waals surface area contributed by atoms with E-state index in [-0.39, 0.29) is 31.0 Å². The van der Waals surface area contributed by atoms with E-state index in [1.807, 2.05) is 12.1 Å². The zero-order valence-corrected chi connectivity index (χ0v) is 16.9. The molecule has 0 spiro atoms. The Balaban J connectivity index is 1.74. The van der Waals surface area contributed by atoms with Crippen molar-refractivity contribution in [1.29, 1.82) is 0 Å². The molecule has 1 aliphatic heterocycles. The molecule has 2 heterocycles. The number of aromatic nitrogens is 2. The third-order valence-corrected chi connectivity index (χ3v) is 4.82. The first-order chi connectivity index (χ1) is 14.4. The Kier molecular flexibility index (Phi) is 6.55. The summed E-state index contributed by atoms with van der Waals surface area (Å²) in [5.74, 6) is 0.253. The van der Waals surface area contributed by atoms with Crippen LogP contribution in [0.5, 0.6) is 11.5 Å². The molecule has 1 aliphatic rings. The molecule has 160 valence electrons. The molecule has 10 heteroatoms. The number of carboxylic acid groups (broad SMARTS) is 1. The fraction of sp³-hybridized carbons (Fsp3) is 0.400. The molecule has 0 bridgehead atoms. The van der Waals surface area contributed by atoms with Crippen LogP contribution >= 0.6 is 0 Å². The number of hydrogen-bond donors (Lipinski definition) is 3. The van der Waals surface area contributed by atoms with Crippen molar-refractivity contribution in [1.82, 2.24) is 14.9 Å². The lowest BCUT2D eigenvalue weighted by Crippen LogP contribution is -2.31. The fourth-order valence-electron chi connectivity index (χ4n) is 3.34. The predicted molar refractivity (Wildman–Crippen MR) is 109 cm³/mol. The van der Waals surface area contributed by atoms with Crippen molar-refractivity contribution in [2.45, 2.75) is 25.8 Å². The minimum absolute atomic E-state index is 0.0736. The summed E-state index contributed by atoms with van der Waals surface area (Å²) in [5, 5.41) is 14.2. The number of anilines is 1. The lowest BCUT2D eigenvalue weighted by molar-refractivity contribution is -0.138. The lowest BCUT2D eigenvalue weighted by Gasteiger charge is -2.23. The summed E-state index contributed by atoms with van der Waals surface area (Å²) in [6.45, 7) is 1.14. The molecule has 0 fully saturated rings. The van der Waals surface area contributed by atoms with Crippen molar-refractivity contribution in [2.75, 3.05) is 32.6 Å². The van der Waals surface area contributed by atoms with Crippen LogP contribution in [-0.2, 0) is 22.6 Å². The molecule has 3 N–H and O–H groups in total. The van der Waals surface area contributed by atoms with Crippen LogP contribution in [0.2, 0.25) is 0 Å². The van der Waals surface area contributed by atoms with Gasteiger partial charge in [-0.15, -0.1) is 0 Å². The Morgan fingerprint density at radius 2 is 1.87 bits per heavy atom. The monoisotopic (exact) mass is 416 g/mol. The van der Waals surface area contributed by atoms with E-state index in [9.17, 15) is 14.4 Å². The number of amides is 1. The zero-order chi connectivity index (χ0) is 21.7. The number of aryl methyl sites for hydroxylation is 1. The van der Waals surface area contributed by atoms with Crippen LogP contribution in [0, 0.1) is 0 Å². The first-order valence-electron chi connectivity index (χ1n) is 9.52. The third-order valence-electron chi connectivity index (χ3n) is 4.82. The second-order valence-corrected chi connectivity index (χ2v) is 6.75. The van der Waals surface area contributed by atoms with Crippen molar-refractivity contribution in [3.8, 4) is 22.8 Å². The van der Waals surface area contributed by atoms with Gasteiger partial charge in [-0.05, 0) is 24.1 Å². The standard InChI is InChI=1S/C20H24N4O6/c1-29-15-9-12-5-8-24-14(13(12)10-16(15)30-2)11-17(23-20(24)28)21-6-7-22-18(25)3-4-19(26)27/h9-11H,3-8H2,1-2H3,(H,22,25)(H,26,27)(H,21,23,28). The van der Waals surface area contributed by atoms with E-state index in [0.29, 0.717) is 36.8 Å². The number of hydrogen-bond acceptors (Lipinski definition) is 7. The van der Waals surface area contributed by atoms with Crippen LogP contribution in [0.15, 0.2) is 23.0 Å². The summed E-state index contributed by atoms with van der Waals surface area (Å²) in [6, 6.07) is 5.56. The topological polar surface area (TPSA) is 132 Å². The van der Waals surface area contributed by atoms with E-state index in [2.05, 4.69) is 15.6 Å². The van der Waals surface area contributed by atoms with Gasteiger partial charge in [0.15, 0.2) is 11.5 Å². The molecular weight excluding hydrogens is 392 g/mol. The lowest BCUT2D eigenvalue weighted by atomic mass is 9.97. The Bertz CT molecular complexity index is 1020. The molecule has 1 aromatic carbocycles. The van der Waals surface area contributed by atoms with Gasteiger partial charge in [0, 0.05) is 37.7 Å². The summed E-state index contributed by atoms with van der Waals surface area (Å²) in [5.41, 5.74) is 2.30. The number of carboxylic acids is 1. The predicted octanol–water partition coefficient (Wildman–Crippen LogP) is 0.876. The molecule has 0 saturated heterocycles. The smallest absolute Gasteiger partial charge is 0.349 e. The molecule has 2 aromatic rings. The molecule has 0 radical (unpaired) electrons. The van der Waals surface area contributed by atoms with E-state index < -0.39 is 5.97 Å². The Morgan fingerprint density at radius 3 is 2.57 bits per heavy atom. The largest absolute Gasteiger partial charge is 0.493 e. The van der Waals surface area contributed by atoms with Gasteiger partial charge in [0.25, 0.3) is 0 Å². The number of ether oxygens (including phenoxy) is 2. The summed E-state index contributed by atoms with van der Waals surface area (Å²) in [7, 11) is 3.14. The average molecular weight is 416 g/mol. The number of carbonyl (C=O) groups is 2. The zero-order valence-electron chi connectivity index (χ0n) is 16.9. The van der Waals surface area contributed by atoms with Gasteiger partial charge in [0.05, 0.1) is 26.3 Å². The molecule has 3 rings (SSSR count). The number of carbonyl (C=O) groups excluding carboxylic acids is 1. The highest BCUT2D eigenvalue weighted by Crippen LogP contribution is 2.38. The average Bonchev–Trinajstić information content (AvgIpc) is 2.74. The fourth-order valence-corrected chi connectivity index (χ4v) is 3.34. The number of nitrogens with zero attached hydrogens (tertiary/aromatic N) is 2. The molecule has 0 unspecified atom stereocenters. The van der Waals surface area contributed by atoms with Crippen molar-refractivity contribution in [3.63, 3.8) is 0 Å². The molecule has 0 aliphatic carbocycles. The van der Waals surface area contributed by atoms with Crippen LogP contribution < -0.4 is 25.8 Å². The van der Waals surface area contributed by atoms with Gasteiger partial charge in [0.2, 0.25) is 5.91 Å². The van der Waals surface area contributed by atoms with Crippen LogP contribution in [0.1, 0.15) is 18.4 Å². The molecule has 10 nitrogen and oxygen atoms in total. The Labute approximate surface area is 172 Å². The molecule has 0 atom stereocenters. The van der Waals surface area contributed by atoms with Crippen molar-refractivity contribution in [3.05, 3.63) is 34.2 Å². The highest BCUT2D eigenvalue weighted by atomic mass is 16.5. The molecule has 1 amide bonds. The van der Waals surface area contributed by atoms with Crippen LogP contribution in [-0.4, -0.2) is 53.8 Å². The molecule has 0 saturated carbocycles. The van der Waals surface area contributed by atoms with Gasteiger partial charge in [-0.2, -0.15) is 4.98 Å². The molecular formula is C20H24N4O6. The number of nitrogens with one attached hydrogen (secondary N) is 2. The Hall–Kier alpha value is -3.56. The number of rotatable bonds is 9. The van der Waals surface area contributed by atoms with E-state index in [1.165, 1.54) is 0 Å². The van der Waals surface area contributed by atoms with Crippen LogP contribution in [0.25, 0.3) is 11.3 Å². The maximum Gasteiger partial charge on any atom is 0.349 e. The van der Waals surface area contributed by atoms with Crippen molar-refractivity contribution >= 4 is 17.7 Å². The second-order valence-electron chi connectivity index (χ2n) is 6.75. The summed E-state index contributed by atoms with van der Waals surface area (Å²) < 4.78 is 12.4. The maximum absolute atomic E-state index is 12.5. The van der Waals surface area contributed by atoms with Crippen molar-refractivity contribution in [2.24, 2.45) is 0 Å². The quantitative estimate of drug-likeness (QED) is 0.513. The van der Waals surface area contributed by atoms with E-state index in [4.69, 9.17) is 14.6 Å². The van der Waals surface area contributed by atoms with Gasteiger partial charge in [-0.1, -0.05) is 0 Å². The third kappa shape index (κ3) is 4.70. The minimum Gasteiger partial charge on any atom is -0.493 e. The van der Waals surface area contributed by atoms with Gasteiger partial charge in [-0.3, -0.25) is 14.2 Å². The highest BCUT2D eigenvalue weighted by molar-refractivity contribution is 5.80. The van der Waals surface area contributed by atoms with Crippen LogP contribution in [0.4, 0.5) is 5.82 Å². The first kappa shape index (κ1) is 21.2. The van der Waals surface area contributed by atoms with Crippen LogP contribution in [0.3, 0.4) is 0 Å². The molecule has 30 heavy (non-hydrogen) atoms. The maximum atomic E-state index is 12.5. The Morgan fingerprint density at radius 1 is 1.13 bits per heavy atom. The van der Waals surface area contributed by atoms with E-state index in [0.717, 1.165) is 16.8 Å². The van der Waals surface area contributed by atoms with Gasteiger partial charge < -0.3 is 25.2 Å². The number of methoxy groups -OCH3 is 2. The normalized spacial score (nSPS) is 11.8. The van der Waals surface area contributed by atoms with Gasteiger partial charge in [0.1, 0.15) is 5.82 Å². The SMILES string of the molecule is COc1cc2c(cc1OC)-c1cc(NCCNC(=O)CCC(=O)O)nc(=O)n1CC2. The summed E-state index contributed by atoms with van der Waals surface area (Å²) in [4.78, 5) is 38.6. The number of benzene rings is 1. The number of aliphatic carboxylic acids is 1.